The van der Waals surface area contributed by atoms with Crippen molar-refractivity contribution < 1.29 is 14.3 Å². The quantitative estimate of drug-likeness (QED) is 0.724. The Labute approximate surface area is 137 Å². The van der Waals surface area contributed by atoms with Gasteiger partial charge in [0.05, 0.1) is 6.61 Å². The Balaban J connectivity index is 1.80. The van der Waals surface area contributed by atoms with Crippen molar-refractivity contribution >= 4 is 5.91 Å². The minimum Gasteiger partial charge on any atom is -0.493 e. The summed E-state index contributed by atoms with van der Waals surface area (Å²) in [6.45, 7) is 1.83. The summed E-state index contributed by atoms with van der Waals surface area (Å²) in [6.07, 6.45) is 1.64. The Morgan fingerprint density at radius 2 is 1.87 bits per heavy atom. The van der Waals surface area contributed by atoms with Crippen molar-refractivity contribution in [3.63, 3.8) is 0 Å². The van der Waals surface area contributed by atoms with Gasteiger partial charge in [-0.05, 0) is 30.2 Å². The van der Waals surface area contributed by atoms with Crippen molar-refractivity contribution in [3.05, 3.63) is 65.7 Å². The first-order valence-electron chi connectivity index (χ1n) is 7.83. The highest BCUT2D eigenvalue weighted by molar-refractivity contribution is 5.94. The Bertz CT molecular complexity index is 599. The molecule has 0 fully saturated rings. The highest BCUT2D eigenvalue weighted by atomic mass is 16.5. The molecular formula is C19H23NO3. The Morgan fingerprint density at radius 3 is 2.65 bits per heavy atom. The summed E-state index contributed by atoms with van der Waals surface area (Å²) in [4.78, 5) is 12.0. The summed E-state index contributed by atoms with van der Waals surface area (Å²) in [5.74, 6) is 0.625. The highest BCUT2D eigenvalue weighted by Crippen LogP contribution is 2.14. The number of rotatable bonds is 9. The van der Waals surface area contributed by atoms with E-state index in [-0.39, 0.29) is 5.91 Å². The number of nitrogens with one attached hydrogen (secondary N) is 1. The van der Waals surface area contributed by atoms with E-state index in [1.165, 1.54) is 5.56 Å². The second-order valence-electron chi connectivity index (χ2n) is 5.21. The van der Waals surface area contributed by atoms with Gasteiger partial charge >= 0.3 is 0 Å². The van der Waals surface area contributed by atoms with E-state index >= 15 is 0 Å². The van der Waals surface area contributed by atoms with E-state index in [1.807, 2.05) is 30.3 Å². The molecule has 23 heavy (non-hydrogen) atoms. The van der Waals surface area contributed by atoms with Crippen molar-refractivity contribution in [2.24, 2.45) is 0 Å². The van der Waals surface area contributed by atoms with E-state index in [1.54, 1.807) is 19.2 Å². The van der Waals surface area contributed by atoms with Crippen molar-refractivity contribution in [2.45, 2.75) is 12.8 Å². The minimum atomic E-state index is -0.0883. The maximum Gasteiger partial charge on any atom is 0.251 e. The van der Waals surface area contributed by atoms with Gasteiger partial charge in [0.25, 0.3) is 5.91 Å². The highest BCUT2D eigenvalue weighted by Gasteiger charge is 2.06. The molecular weight excluding hydrogens is 290 g/mol. The molecule has 122 valence electrons. The average molecular weight is 313 g/mol. The van der Waals surface area contributed by atoms with Gasteiger partial charge in [-0.3, -0.25) is 4.79 Å². The molecule has 4 nitrogen and oxygen atoms in total. The largest absolute Gasteiger partial charge is 0.493 e. The van der Waals surface area contributed by atoms with Crippen LogP contribution in [0.5, 0.6) is 5.75 Å². The van der Waals surface area contributed by atoms with Gasteiger partial charge in [0.15, 0.2) is 0 Å². The van der Waals surface area contributed by atoms with Gasteiger partial charge in [-0.15, -0.1) is 0 Å². The summed E-state index contributed by atoms with van der Waals surface area (Å²) in [5, 5.41) is 2.87. The van der Waals surface area contributed by atoms with Crippen molar-refractivity contribution in [1.82, 2.24) is 5.32 Å². The molecule has 4 heteroatoms. The van der Waals surface area contributed by atoms with E-state index in [2.05, 4.69) is 17.4 Å². The molecule has 1 amide bonds. The molecule has 0 bridgehead atoms. The number of amides is 1. The average Bonchev–Trinajstić information content (AvgIpc) is 2.60. The lowest BCUT2D eigenvalue weighted by Crippen LogP contribution is -2.25. The number of carbonyl (C=O) groups is 1. The number of hydrogen-bond acceptors (Lipinski definition) is 3. The first-order valence-corrected chi connectivity index (χ1v) is 7.83. The lowest BCUT2D eigenvalue weighted by molar-refractivity contribution is 0.0948. The summed E-state index contributed by atoms with van der Waals surface area (Å²) in [7, 11) is 1.65. The lowest BCUT2D eigenvalue weighted by atomic mass is 10.1. The molecule has 0 unspecified atom stereocenters. The maximum absolute atomic E-state index is 12.0. The standard InChI is InChI=1S/C19H23NO3/c1-22-13-6-12-20-19(21)17-9-5-10-18(15-17)23-14-11-16-7-3-2-4-8-16/h2-5,7-10,15H,6,11-14H2,1H3,(H,20,21). The van der Waals surface area contributed by atoms with Crippen LogP contribution in [0.2, 0.25) is 0 Å². The maximum atomic E-state index is 12.0. The summed E-state index contributed by atoms with van der Waals surface area (Å²) < 4.78 is 10.7. The van der Waals surface area contributed by atoms with Crippen LogP contribution in [0.15, 0.2) is 54.6 Å². The third-order valence-corrected chi connectivity index (χ3v) is 3.41. The fourth-order valence-corrected chi connectivity index (χ4v) is 2.18. The van der Waals surface area contributed by atoms with Crippen LogP contribution in [-0.2, 0) is 11.2 Å². The van der Waals surface area contributed by atoms with Gasteiger partial charge in [-0.2, -0.15) is 0 Å². The number of ether oxygens (including phenoxy) is 2. The van der Waals surface area contributed by atoms with Gasteiger partial charge in [-0.1, -0.05) is 36.4 Å². The summed E-state index contributed by atoms with van der Waals surface area (Å²) in [6, 6.07) is 17.5. The van der Waals surface area contributed by atoms with Crippen LogP contribution < -0.4 is 10.1 Å². The molecule has 0 aromatic heterocycles. The lowest BCUT2D eigenvalue weighted by Gasteiger charge is -2.09. The van der Waals surface area contributed by atoms with Crippen LogP contribution in [0.3, 0.4) is 0 Å². The normalized spacial score (nSPS) is 10.3. The smallest absolute Gasteiger partial charge is 0.251 e. The molecule has 1 N–H and O–H groups in total. The van der Waals surface area contributed by atoms with Crippen LogP contribution in [0.25, 0.3) is 0 Å². The number of hydrogen-bond donors (Lipinski definition) is 1. The van der Waals surface area contributed by atoms with E-state index in [0.29, 0.717) is 31.1 Å². The molecule has 0 spiro atoms. The predicted molar refractivity (Wildman–Crippen MR) is 90.9 cm³/mol. The van der Waals surface area contributed by atoms with E-state index < -0.39 is 0 Å². The van der Waals surface area contributed by atoms with E-state index in [4.69, 9.17) is 9.47 Å². The second-order valence-corrected chi connectivity index (χ2v) is 5.21. The SMILES string of the molecule is COCCCNC(=O)c1cccc(OCCc2ccccc2)c1. The first kappa shape index (κ1) is 17.0. The van der Waals surface area contributed by atoms with Gasteiger partial charge in [0, 0.05) is 32.2 Å². The van der Waals surface area contributed by atoms with E-state index in [0.717, 1.165) is 12.8 Å². The van der Waals surface area contributed by atoms with Crippen molar-refractivity contribution in [2.75, 3.05) is 26.9 Å². The molecule has 0 atom stereocenters. The molecule has 2 aromatic rings. The van der Waals surface area contributed by atoms with Gasteiger partial charge in [-0.25, -0.2) is 0 Å². The van der Waals surface area contributed by atoms with E-state index in [9.17, 15) is 4.79 Å². The zero-order chi connectivity index (χ0) is 16.3. The van der Waals surface area contributed by atoms with Gasteiger partial charge < -0.3 is 14.8 Å². The Morgan fingerprint density at radius 1 is 1.04 bits per heavy atom. The zero-order valence-corrected chi connectivity index (χ0v) is 13.5. The number of benzene rings is 2. The third-order valence-electron chi connectivity index (χ3n) is 3.41. The van der Waals surface area contributed by atoms with Crippen LogP contribution in [-0.4, -0.2) is 32.8 Å². The molecule has 0 aliphatic rings. The summed E-state index contributed by atoms with van der Waals surface area (Å²) >= 11 is 0. The van der Waals surface area contributed by atoms with Crippen LogP contribution in [0, 0.1) is 0 Å². The Hall–Kier alpha value is -2.33. The molecule has 0 saturated heterocycles. The molecule has 0 radical (unpaired) electrons. The number of methoxy groups -OCH3 is 1. The fraction of sp³-hybridized carbons (Fsp3) is 0.316. The molecule has 2 aromatic carbocycles. The minimum absolute atomic E-state index is 0.0883. The molecule has 2 rings (SSSR count). The van der Waals surface area contributed by atoms with Gasteiger partial charge in [0.1, 0.15) is 5.75 Å². The second kappa shape index (κ2) is 9.64. The third kappa shape index (κ3) is 6.12. The molecule has 0 aliphatic carbocycles. The van der Waals surface area contributed by atoms with Crippen molar-refractivity contribution in [3.8, 4) is 5.75 Å². The number of carbonyl (C=O) groups excluding carboxylic acids is 1. The van der Waals surface area contributed by atoms with Gasteiger partial charge in [0.2, 0.25) is 0 Å². The predicted octanol–water partition coefficient (Wildman–Crippen LogP) is 3.07. The zero-order valence-electron chi connectivity index (χ0n) is 13.5. The van der Waals surface area contributed by atoms with Crippen LogP contribution >= 0.6 is 0 Å². The van der Waals surface area contributed by atoms with Crippen molar-refractivity contribution in [1.29, 1.82) is 0 Å². The van der Waals surface area contributed by atoms with Crippen LogP contribution in [0.1, 0.15) is 22.3 Å². The molecule has 0 heterocycles. The molecule has 0 aliphatic heterocycles. The molecule has 0 saturated carbocycles. The Kier molecular flexibility index (Phi) is 7.14. The monoisotopic (exact) mass is 313 g/mol. The van der Waals surface area contributed by atoms with Crippen LogP contribution in [0.4, 0.5) is 0 Å². The fourth-order valence-electron chi connectivity index (χ4n) is 2.18. The first-order chi connectivity index (χ1) is 11.3. The summed E-state index contributed by atoms with van der Waals surface area (Å²) in [5.41, 5.74) is 1.85. The topological polar surface area (TPSA) is 47.6 Å².